The fourth-order valence-electron chi connectivity index (χ4n) is 3.21. The predicted octanol–water partition coefficient (Wildman–Crippen LogP) is 6.23. The molecule has 2 rings (SSSR count). The third-order valence-electron chi connectivity index (χ3n) is 4.96. The van der Waals surface area contributed by atoms with Crippen LogP contribution in [0.1, 0.15) is 78.5 Å². The van der Waals surface area contributed by atoms with E-state index in [1.54, 1.807) is 0 Å². The van der Waals surface area contributed by atoms with Crippen LogP contribution >= 0.6 is 0 Å². The first kappa shape index (κ1) is 23.0. The fraction of sp³-hybridized carbons (Fsp3) is 0.583. The van der Waals surface area contributed by atoms with Crippen molar-refractivity contribution >= 4 is 5.82 Å². The predicted molar refractivity (Wildman–Crippen MR) is 121 cm³/mol. The van der Waals surface area contributed by atoms with Crippen LogP contribution < -0.4 is 14.8 Å². The second-order valence-electron chi connectivity index (χ2n) is 7.91. The van der Waals surface area contributed by atoms with Crippen LogP contribution in [0.4, 0.5) is 5.82 Å². The van der Waals surface area contributed by atoms with Gasteiger partial charge in [0.25, 0.3) is 0 Å². The van der Waals surface area contributed by atoms with Gasteiger partial charge in [0.05, 0.1) is 23.5 Å². The number of nitrogens with one attached hydrogen (secondary N) is 1. The molecule has 0 bridgehead atoms. The first-order chi connectivity index (χ1) is 13.8. The van der Waals surface area contributed by atoms with Crippen molar-refractivity contribution in [3.8, 4) is 22.9 Å². The standard InChI is InChI=1S/C24H37N3O2/c1-9-17-14-21(29-18(10-2)11-3)23(25-8)27-22(17)19-12-13-20(15(4)5)26-24(19)28-16(6)7/h12-16,18H,9-11H2,1-8H3,(H,25,27). The third kappa shape index (κ3) is 5.62. The maximum absolute atomic E-state index is 6.24. The molecule has 2 aromatic rings. The summed E-state index contributed by atoms with van der Waals surface area (Å²) in [6.07, 6.45) is 3.01. The SMILES string of the molecule is CCc1cc(OC(CC)CC)c(NC)nc1-c1ccc(C(C)C)nc1OC(C)C. The normalized spacial score (nSPS) is 11.4. The number of pyridine rings is 2. The minimum atomic E-state index is 0.0370. The van der Waals surface area contributed by atoms with Gasteiger partial charge in [0.15, 0.2) is 11.6 Å². The minimum absolute atomic E-state index is 0.0370. The smallest absolute Gasteiger partial charge is 0.223 e. The van der Waals surface area contributed by atoms with E-state index in [1.165, 1.54) is 0 Å². The van der Waals surface area contributed by atoms with Crippen LogP contribution in [-0.2, 0) is 6.42 Å². The molecule has 0 radical (unpaired) electrons. The summed E-state index contributed by atoms with van der Waals surface area (Å²) in [4.78, 5) is 9.74. The molecule has 0 aliphatic rings. The van der Waals surface area contributed by atoms with Crippen LogP contribution in [0, 0.1) is 0 Å². The molecule has 0 saturated heterocycles. The zero-order valence-corrected chi connectivity index (χ0v) is 19.3. The van der Waals surface area contributed by atoms with E-state index in [4.69, 9.17) is 19.4 Å². The van der Waals surface area contributed by atoms with Crippen LogP contribution in [0.2, 0.25) is 0 Å². The molecule has 0 saturated carbocycles. The van der Waals surface area contributed by atoms with E-state index in [0.717, 1.165) is 53.3 Å². The Morgan fingerprint density at radius 3 is 2.17 bits per heavy atom. The van der Waals surface area contributed by atoms with Crippen LogP contribution in [-0.4, -0.2) is 29.2 Å². The molecule has 0 atom stereocenters. The van der Waals surface area contributed by atoms with Gasteiger partial charge in [-0.25, -0.2) is 9.97 Å². The summed E-state index contributed by atoms with van der Waals surface area (Å²) in [7, 11) is 1.88. The Morgan fingerprint density at radius 2 is 1.66 bits per heavy atom. The van der Waals surface area contributed by atoms with Crippen molar-refractivity contribution in [3.05, 3.63) is 29.5 Å². The summed E-state index contributed by atoms with van der Waals surface area (Å²) in [5, 5.41) is 3.20. The third-order valence-corrected chi connectivity index (χ3v) is 4.96. The van der Waals surface area contributed by atoms with Crippen molar-refractivity contribution < 1.29 is 9.47 Å². The molecule has 2 aromatic heterocycles. The molecule has 0 aliphatic carbocycles. The molecule has 0 spiro atoms. The number of ether oxygens (including phenoxy) is 2. The van der Waals surface area contributed by atoms with Gasteiger partial charge in [-0.15, -0.1) is 0 Å². The second-order valence-corrected chi connectivity index (χ2v) is 7.91. The second kappa shape index (κ2) is 10.5. The Hall–Kier alpha value is -2.30. The number of aromatic nitrogens is 2. The maximum Gasteiger partial charge on any atom is 0.223 e. The van der Waals surface area contributed by atoms with Gasteiger partial charge in [-0.3, -0.25) is 0 Å². The first-order valence-corrected chi connectivity index (χ1v) is 10.9. The Balaban J connectivity index is 2.61. The van der Waals surface area contributed by atoms with Gasteiger partial charge in [-0.05, 0) is 62.8 Å². The van der Waals surface area contributed by atoms with Crippen molar-refractivity contribution in [1.29, 1.82) is 0 Å². The molecule has 5 heteroatoms. The van der Waals surface area contributed by atoms with Gasteiger partial charge in [0, 0.05) is 12.7 Å². The fourth-order valence-corrected chi connectivity index (χ4v) is 3.21. The highest BCUT2D eigenvalue weighted by Gasteiger charge is 2.20. The van der Waals surface area contributed by atoms with Crippen molar-refractivity contribution in [2.45, 2.75) is 85.9 Å². The quantitative estimate of drug-likeness (QED) is 0.513. The molecule has 0 fully saturated rings. The van der Waals surface area contributed by atoms with E-state index in [2.05, 4.69) is 58.1 Å². The molecule has 0 aliphatic heterocycles. The van der Waals surface area contributed by atoms with Gasteiger partial charge >= 0.3 is 0 Å². The summed E-state index contributed by atoms with van der Waals surface area (Å²) in [5.74, 6) is 2.53. The number of hydrogen-bond donors (Lipinski definition) is 1. The number of anilines is 1. The number of hydrogen-bond acceptors (Lipinski definition) is 5. The van der Waals surface area contributed by atoms with E-state index < -0.39 is 0 Å². The summed E-state index contributed by atoms with van der Waals surface area (Å²) in [6.45, 7) is 14.8. The van der Waals surface area contributed by atoms with Gasteiger partial charge in [-0.2, -0.15) is 0 Å². The van der Waals surface area contributed by atoms with Crippen LogP contribution in [0.25, 0.3) is 11.3 Å². The van der Waals surface area contributed by atoms with Crippen LogP contribution in [0.15, 0.2) is 18.2 Å². The highest BCUT2D eigenvalue weighted by molar-refractivity contribution is 5.72. The van der Waals surface area contributed by atoms with Crippen molar-refractivity contribution in [2.24, 2.45) is 0 Å². The average molecular weight is 400 g/mol. The first-order valence-electron chi connectivity index (χ1n) is 10.9. The van der Waals surface area contributed by atoms with Crippen LogP contribution in [0.3, 0.4) is 0 Å². The monoisotopic (exact) mass is 399 g/mol. The lowest BCUT2D eigenvalue weighted by atomic mass is 10.0. The van der Waals surface area contributed by atoms with Crippen molar-refractivity contribution in [1.82, 2.24) is 9.97 Å². The number of nitrogens with zero attached hydrogens (tertiary/aromatic N) is 2. The minimum Gasteiger partial charge on any atom is -0.487 e. The van der Waals surface area contributed by atoms with E-state index in [9.17, 15) is 0 Å². The lowest BCUT2D eigenvalue weighted by molar-refractivity contribution is 0.193. The van der Waals surface area contributed by atoms with Gasteiger partial charge in [-0.1, -0.05) is 34.6 Å². The maximum atomic E-state index is 6.24. The Kier molecular flexibility index (Phi) is 8.30. The largest absolute Gasteiger partial charge is 0.487 e. The van der Waals surface area contributed by atoms with Crippen molar-refractivity contribution in [3.63, 3.8) is 0 Å². The molecule has 5 nitrogen and oxygen atoms in total. The average Bonchev–Trinajstić information content (AvgIpc) is 2.70. The van der Waals surface area contributed by atoms with Gasteiger partial charge in [0.1, 0.15) is 0 Å². The Labute approximate surface area is 176 Å². The summed E-state index contributed by atoms with van der Waals surface area (Å²) < 4.78 is 12.3. The molecular weight excluding hydrogens is 362 g/mol. The lowest BCUT2D eigenvalue weighted by Crippen LogP contribution is -2.16. The molecule has 29 heavy (non-hydrogen) atoms. The van der Waals surface area contributed by atoms with Gasteiger partial charge < -0.3 is 14.8 Å². The molecule has 0 amide bonds. The van der Waals surface area contributed by atoms with E-state index in [0.29, 0.717) is 11.8 Å². The molecule has 0 unspecified atom stereocenters. The van der Waals surface area contributed by atoms with Crippen molar-refractivity contribution in [2.75, 3.05) is 12.4 Å². The molecule has 2 heterocycles. The Bertz CT molecular complexity index is 799. The summed E-state index contributed by atoms with van der Waals surface area (Å²) in [6, 6.07) is 6.27. The van der Waals surface area contributed by atoms with E-state index in [1.807, 2.05) is 20.9 Å². The summed E-state index contributed by atoms with van der Waals surface area (Å²) >= 11 is 0. The van der Waals surface area contributed by atoms with Gasteiger partial charge in [0.2, 0.25) is 5.88 Å². The molecule has 0 aromatic carbocycles. The highest BCUT2D eigenvalue weighted by atomic mass is 16.5. The lowest BCUT2D eigenvalue weighted by Gasteiger charge is -2.21. The zero-order valence-electron chi connectivity index (χ0n) is 19.3. The number of aryl methyl sites for hydroxylation is 1. The highest BCUT2D eigenvalue weighted by Crippen LogP contribution is 2.37. The van der Waals surface area contributed by atoms with E-state index >= 15 is 0 Å². The molecule has 160 valence electrons. The van der Waals surface area contributed by atoms with E-state index in [-0.39, 0.29) is 12.2 Å². The molecular formula is C24H37N3O2. The van der Waals surface area contributed by atoms with Crippen LogP contribution in [0.5, 0.6) is 11.6 Å². The number of rotatable bonds is 10. The Morgan fingerprint density at radius 1 is 0.966 bits per heavy atom. The molecule has 1 N–H and O–H groups in total. The summed E-state index contributed by atoms with van der Waals surface area (Å²) in [5.41, 5.74) is 3.96. The topological polar surface area (TPSA) is 56.3 Å². The zero-order chi connectivity index (χ0) is 21.6.